The van der Waals surface area contributed by atoms with E-state index in [2.05, 4.69) is 15.3 Å². The first-order chi connectivity index (χ1) is 10.1. The summed E-state index contributed by atoms with van der Waals surface area (Å²) >= 11 is 0. The maximum atomic E-state index is 13.8. The number of nitrogens with zero attached hydrogens (tertiary/aromatic N) is 2. The Kier molecular flexibility index (Phi) is 3.49. The molecule has 1 fully saturated rings. The first-order valence-electron chi connectivity index (χ1n) is 7.21. The zero-order valence-electron chi connectivity index (χ0n) is 12.2. The normalized spacial score (nSPS) is 15.8. The van der Waals surface area contributed by atoms with E-state index < -0.39 is 0 Å². The van der Waals surface area contributed by atoms with Gasteiger partial charge in [0.05, 0.1) is 6.04 Å². The molecule has 1 unspecified atom stereocenters. The van der Waals surface area contributed by atoms with Gasteiger partial charge in [0.2, 0.25) is 0 Å². The fourth-order valence-corrected chi connectivity index (χ4v) is 2.33. The van der Waals surface area contributed by atoms with Gasteiger partial charge in [-0.3, -0.25) is 0 Å². The third kappa shape index (κ3) is 2.82. The number of nitrogens with two attached hydrogens (primary N) is 1. The molecule has 0 bridgehead atoms. The van der Waals surface area contributed by atoms with Gasteiger partial charge < -0.3 is 11.1 Å². The first kappa shape index (κ1) is 13.8. The Labute approximate surface area is 123 Å². The van der Waals surface area contributed by atoms with Crippen LogP contribution in [0.15, 0.2) is 24.3 Å². The molecule has 1 aliphatic carbocycles. The number of hydrogen-bond donors (Lipinski definition) is 2. The van der Waals surface area contributed by atoms with Crippen LogP contribution in [0.5, 0.6) is 0 Å². The number of halogens is 1. The van der Waals surface area contributed by atoms with Crippen LogP contribution in [0.3, 0.4) is 0 Å². The smallest absolute Gasteiger partial charge is 0.136 e. The van der Waals surface area contributed by atoms with Gasteiger partial charge in [0.1, 0.15) is 23.3 Å². The molecule has 110 valence electrons. The van der Waals surface area contributed by atoms with Crippen molar-refractivity contribution in [3.63, 3.8) is 0 Å². The van der Waals surface area contributed by atoms with Crippen LogP contribution in [0, 0.1) is 12.7 Å². The molecule has 4 nitrogen and oxygen atoms in total. The monoisotopic (exact) mass is 286 g/mol. The highest BCUT2D eigenvalue weighted by Gasteiger charge is 2.28. The second-order valence-corrected chi connectivity index (χ2v) is 5.60. The number of benzene rings is 1. The quantitative estimate of drug-likeness (QED) is 0.902. The van der Waals surface area contributed by atoms with Crippen LogP contribution in [0.2, 0.25) is 0 Å². The number of nitrogens with one attached hydrogen (secondary N) is 1. The van der Waals surface area contributed by atoms with Gasteiger partial charge in [-0.25, -0.2) is 14.4 Å². The van der Waals surface area contributed by atoms with Crippen molar-refractivity contribution in [2.24, 2.45) is 0 Å². The molecule has 3 N–H and O–H groups in total. The number of nitrogen functional groups attached to an aromatic ring is 1. The molecule has 1 heterocycles. The summed E-state index contributed by atoms with van der Waals surface area (Å²) in [6.45, 7) is 3.79. The number of hydrogen-bond acceptors (Lipinski definition) is 4. The molecule has 0 radical (unpaired) electrons. The van der Waals surface area contributed by atoms with Crippen molar-refractivity contribution < 1.29 is 4.39 Å². The highest BCUT2D eigenvalue weighted by atomic mass is 19.1. The van der Waals surface area contributed by atoms with E-state index >= 15 is 0 Å². The SMILES string of the molecule is Cc1c(N)nc(C2CC2)nc1NC(C)c1ccccc1F. The zero-order valence-corrected chi connectivity index (χ0v) is 12.2. The Hall–Kier alpha value is -2.17. The highest BCUT2D eigenvalue weighted by Crippen LogP contribution is 2.39. The average Bonchev–Trinajstić information content (AvgIpc) is 3.28. The lowest BCUT2D eigenvalue weighted by Crippen LogP contribution is -2.13. The molecule has 0 spiro atoms. The summed E-state index contributed by atoms with van der Waals surface area (Å²) < 4.78 is 13.8. The predicted molar refractivity (Wildman–Crippen MR) is 81.6 cm³/mol. The lowest BCUT2D eigenvalue weighted by Gasteiger charge is -2.18. The standard InChI is InChI=1S/C16H19FN4/c1-9-14(18)20-16(11-7-8-11)21-15(9)19-10(2)12-5-3-4-6-13(12)17/h3-6,10-11H,7-8H2,1-2H3,(H3,18,19,20,21). The van der Waals surface area contributed by atoms with E-state index in [1.807, 2.05) is 19.9 Å². The Morgan fingerprint density at radius 2 is 2.00 bits per heavy atom. The van der Waals surface area contributed by atoms with Crippen LogP contribution in [0.25, 0.3) is 0 Å². The minimum Gasteiger partial charge on any atom is -0.383 e. The predicted octanol–water partition coefficient (Wildman–Crippen LogP) is 3.56. The molecule has 1 saturated carbocycles. The summed E-state index contributed by atoms with van der Waals surface area (Å²) in [4.78, 5) is 8.91. The molecular weight excluding hydrogens is 267 g/mol. The summed E-state index contributed by atoms with van der Waals surface area (Å²) in [5.74, 6) is 2.19. The average molecular weight is 286 g/mol. The Bertz CT molecular complexity index is 667. The second kappa shape index (κ2) is 5.31. The molecule has 2 aromatic rings. The molecule has 5 heteroatoms. The Balaban J connectivity index is 1.89. The van der Waals surface area contributed by atoms with Gasteiger partial charge in [0.25, 0.3) is 0 Å². The lowest BCUT2D eigenvalue weighted by atomic mass is 10.1. The largest absolute Gasteiger partial charge is 0.383 e. The number of rotatable bonds is 4. The topological polar surface area (TPSA) is 63.8 Å². The maximum absolute atomic E-state index is 13.8. The zero-order chi connectivity index (χ0) is 15.0. The van der Waals surface area contributed by atoms with Gasteiger partial charge in [-0.1, -0.05) is 18.2 Å². The van der Waals surface area contributed by atoms with E-state index in [9.17, 15) is 4.39 Å². The molecule has 1 atom stereocenters. The molecule has 21 heavy (non-hydrogen) atoms. The van der Waals surface area contributed by atoms with Crippen molar-refractivity contribution in [1.29, 1.82) is 0 Å². The van der Waals surface area contributed by atoms with Crippen LogP contribution in [-0.4, -0.2) is 9.97 Å². The van der Waals surface area contributed by atoms with Crippen LogP contribution >= 0.6 is 0 Å². The van der Waals surface area contributed by atoms with Crippen LogP contribution in [0.4, 0.5) is 16.0 Å². The summed E-state index contributed by atoms with van der Waals surface area (Å²) in [6, 6.07) is 6.56. The first-order valence-corrected chi connectivity index (χ1v) is 7.21. The maximum Gasteiger partial charge on any atom is 0.136 e. The van der Waals surface area contributed by atoms with E-state index in [4.69, 9.17) is 5.73 Å². The molecule has 0 amide bonds. The molecule has 1 aromatic carbocycles. The van der Waals surface area contributed by atoms with Crippen LogP contribution < -0.4 is 11.1 Å². The molecule has 3 rings (SSSR count). The Morgan fingerprint density at radius 3 is 2.67 bits per heavy atom. The summed E-state index contributed by atoms with van der Waals surface area (Å²) in [7, 11) is 0. The van der Waals surface area contributed by atoms with Crippen molar-refractivity contribution >= 4 is 11.6 Å². The van der Waals surface area contributed by atoms with Crippen molar-refractivity contribution in [1.82, 2.24) is 9.97 Å². The fourth-order valence-electron chi connectivity index (χ4n) is 2.33. The van der Waals surface area contributed by atoms with Gasteiger partial charge in [0, 0.05) is 17.0 Å². The molecule has 0 saturated heterocycles. The minimum atomic E-state index is -0.223. The van der Waals surface area contributed by atoms with E-state index in [1.165, 1.54) is 6.07 Å². The molecule has 1 aliphatic rings. The minimum absolute atomic E-state index is 0.189. The van der Waals surface area contributed by atoms with Crippen molar-refractivity contribution in [3.05, 3.63) is 47.0 Å². The van der Waals surface area contributed by atoms with Crippen molar-refractivity contribution in [2.75, 3.05) is 11.1 Å². The second-order valence-electron chi connectivity index (χ2n) is 5.60. The van der Waals surface area contributed by atoms with Gasteiger partial charge in [0.15, 0.2) is 0 Å². The van der Waals surface area contributed by atoms with Crippen LogP contribution in [0.1, 0.15) is 48.7 Å². The summed E-state index contributed by atoms with van der Waals surface area (Å²) in [6.07, 6.45) is 2.23. The van der Waals surface area contributed by atoms with Gasteiger partial charge in [-0.15, -0.1) is 0 Å². The van der Waals surface area contributed by atoms with Crippen LogP contribution in [-0.2, 0) is 0 Å². The van der Waals surface area contributed by atoms with Crippen molar-refractivity contribution in [2.45, 2.75) is 38.6 Å². The molecule has 1 aromatic heterocycles. The number of anilines is 2. The van der Waals surface area contributed by atoms with Gasteiger partial charge in [-0.2, -0.15) is 0 Å². The van der Waals surface area contributed by atoms with E-state index in [1.54, 1.807) is 12.1 Å². The third-order valence-electron chi connectivity index (χ3n) is 3.87. The summed E-state index contributed by atoms with van der Waals surface area (Å²) in [5, 5.41) is 3.26. The van der Waals surface area contributed by atoms with E-state index in [0.717, 1.165) is 24.2 Å². The highest BCUT2D eigenvalue weighted by molar-refractivity contribution is 5.56. The van der Waals surface area contributed by atoms with Gasteiger partial charge in [-0.05, 0) is 32.8 Å². The number of aromatic nitrogens is 2. The fraction of sp³-hybridized carbons (Fsp3) is 0.375. The molecular formula is C16H19FN4. The molecule has 0 aliphatic heterocycles. The van der Waals surface area contributed by atoms with Crippen molar-refractivity contribution in [3.8, 4) is 0 Å². The third-order valence-corrected chi connectivity index (χ3v) is 3.87. The summed E-state index contributed by atoms with van der Waals surface area (Å²) in [5.41, 5.74) is 7.39. The lowest BCUT2D eigenvalue weighted by molar-refractivity contribution is 0.600. The van der Waals surface area contributed by atoms with E-state index in [0.29, 0.717) is 23.1 Å². The van der Waals surface area contributed by atoms with E-state index in [-0.39, 0.29) is 11.9 Å². The Morgan fingerprint density at radius 1 is 1.29 bits per heavy atom. The van der Waals surface area contributed by atoms with Gasteiger partial charge >= 0.3 is 0 Å².